The number of nitrogens with one attached hydrogen (secondary N) is 1. The van der Waals surface area contributed by atoms with Crippen LogP contribution in [0.4, 0.5) is 15.9 Å². The van der Waals surface area contributed by atoms with Crippen molar-refractivity contribution >= 4 is 17.4 Å². The summed E-state index contributed by atoms with van der Waals surface area (Å²) in [6.45, 7) is 0. The summed E-state index contributed by atoms with van der Waals surface area (Å²) in [6.07, 6.45) is 1.67. The van der Waals surface area contributed by atoms with Crippen molar-refractivity contribution in [3.63, 3.8) is 0 Å². The lowest BCUT2D eigenvalue weighted by Gasteiger charge is -2.05. The highest BCUT2D eigenvalue weighted by molar-refractivity contribution is 5.92. The Balaban J connectivity index is 1.96. The maximum absolute atomic E-state index is 12.7. The van der Waals surface area contributed by atoms with Crippen LogP contribution in [0.1, 0.15) is 5.56 Å². The first-order chi connectivity index (χ1) is 8.63. The van der Waals surface area contributed by atoms with Crippen molar-refractivity contribution < 1.29 is 9.18 Å². The minimum absolute atomic E-state index is 0.185. The molecular formula is C13H12FN3O. The molecule has 0 spiro atoms. The summed E-state index contributed by atoms with van der Waals surface area (Å²) in [6, 6.07) is 9.09. The van der Waals surface area contributed by atoms with Crippen LogP contribution in [0.2, 0.25) is 0 Å². The van der Waals surface area contributed by atoms with Crippen molar-refractivity contribution in [1.82, 2.24) is 4.98 Å². The molecule has 18 heavy (non-hydrogen) atoms. The fourth-order valence-electron chi connectivity index (χ4n) is 1.47. The Labute approximate surface area is 104 Å². The summed E-state index contributed by atoms with van der Waals surface area (Å²) in [5.74, 6) is -0.110. The van der Waals surface area contributed by atoms with Crippen LogP contribution in [0.15, 0.2) is 42.6 Å². The highest BCUT2D eigenvalue weighted by Gasteiger charge is 2.04. The summed E-state index contributed by atoms with van der Waals surface area (Å²) >= 11 is 0. The van der Waals surface area contributed by atoms with Gasteiger partial charge >= 0.3 is 0 Å². The maximum Gasteiger partial charge on any atom is 0.228 e. The van der Waals surface area contributed by atoms with Gasteiger partial charge in [-0.05, 0) is 29.8 Å². The fraction of sp³-hybridized carbons (Fsp3) is 0.0769. The van der Waals surface area contributed by atoms with Crippen molar-refractivity contribution in [3.8, 4) is 0 Å². The molecule has 0 bridgehead atoms. The number of aromatic nitrogens is 1. The highest BCUT2D eigenvalue weighted by Crippen LogP contribution is 2.09. The number of halogens is 1. The van der Waals surface area contributed by atoms with E-state index in [2.05, 4.69) is 10.3 Å². The first-order valence-electron chi connectivity index (χ1n) is 5.39. The Morgan fingerprint density at radius 2 is 1.94 bits per heavy atom. The predicted molar refractivity (Wildman–Crippen MR) is 67.4 cm³/mol. The smallest absolute Gasteiger partial charge is 0.228 e. The SMILES string of the molecule is Nc1ccc(NC(=O)Cc2ccc(F)cc2)cn1. The molecular weight excluding hydrogens is 233 g/mol. The van der Waals surface area contributed by atoms with Gasteiger partial charge in [0.05, 0.1) is 18.3 Å². The molecule has 1 aromatic heterocycles. The van der Waals surface area contributed by atoms with E-state index in [1.54, 1.807) is 24.3 Å². The molecule has 0 aliphatic rings. The Hall–Kier alpha value is -2.43. The minimum atomic E-state index is -0.318. The minimum Gasteiger partial charge on any atom is -0.384 e. The number of benzene rings is 1. The van der Waals surface area contributed by atoms with E-state index in [0.717, 1.165) is 5.56 Å². The van der Waals surface area contributed by atoms with E-state index in [9.17, 15) is 9.18 Å². The Morgan fingerprint density at radius 1 is 1.22 bits per heavy atom. The van der Waals surface area contributed by atoms with Crippen LogP contribution >= 0.6 is 0 Å². The molecule has 0 unspecified atom stereocenters. The number of nitrogens with zero attached hydrogens (tertiary/aromatic N) is 1. The van der Waals surface area contributed by atoms with Gasteiger partial charge in [-0.1, -0.05) is 12.1 Å². The van der Waals surface area contributed by atoms with Gasteiger partial charge in [0.1, 0.15) is 11.6 Å². The third-order valence-electron chi connectivity index (χ3n) is 2.35. The molecule has 92 valence electrons. The van der Waals surface area contributed by atoms with Crippen LogP contribution < -0.4 is 11.1 Å². The molecule has 1 heterocycles. The number of carbonyl (C=O) groups is 1. The van der Waals surface area contributed by atoms with E-state index in [-0.39, 0.29) is 18.1 Å². The van der Waals surface area contributed by atoms with Crippen LogP contribution in [0.3, 0.4) is 0 Å². The van der Waals surface area contributed by atoms with E-state index >= 15 is 0 Å². The van der Waals surface area contributed by atoms with Crippen molar-refractivity contribution in [3.05, 3.63) is 54.0 Å². The molecule has 3 N–H and O–H groups in total. The molecule has 0 saturated heterocycles. The van der Waals surface area contributed by atoms with E-state index < -0.39 is 0 Å². The van der Waals surface area contributed by atoms with E-state index in [4.69, 9.17) is 5.73 Å². The van der Waals surface area contributed by atoms with Crippen LogP contribution in [-0.2, 0) is 11.2 Å². The van der Waals surface area contributed by atoms with Gasteiger partial charge in [-0.25, -0.2) is 9.37 Å². The van der Waals surface area contributed by atoms with E-state index in [0.29, 0.717) is 11.5 Å². The third-order valence-corrected chi connectivity index (χ3v) is 2.35. The summed E-state index contributed by atoms with van der Waals surface area (Å²) < 4.78 is 12.7. The van der Waals surface area contributed by atoms with Crippen molar-refractivity contribution in [2.24, 2.45) is 0 Å². The lowest BCUT2D eigenvalue weighted by molar-refractivity contribution is -0.115. The van der Waals surface area contributed by atoms with Gasteiger partial charge in [0.25, 0.3) is 0 Å². The second-order valence-electron chi connectivity index (χ2n) is 3.82. The summed E-state index contributed by atoms with van der Waals surface area (Å²) in [5.41, 5.74) is 6.76. The second-order valence-corrected chi connectivity index (χ2v) is 3.82. The number of amides is 1. The fourth-order valence-corrected chi connectivity index (χ4v) is 1.47. The molecule has 0 radical (unpaired) electrons. The first-order valence-corrected chi connectivity index (χ1v) is 5.39. The highest BCUT2D eigenvalue weighted by atomic mass is 19.1. The molecule has 2 rings (SSSR count). The molecule has 1 aromatic carbocycles. The largest absolute Gasteiger partial charge is 0.384 e. The Bertz CT molecular complexity index is 488. The zero-order chi connectivity index (χ0) is 13.0. The lowest BCUT2D eigenvalue weighted by Crippen LogP contribution is -2.14. The average Bonchev–Trinajstić information content (AvgIpc) is 2.35. The van der Waals surface area contributed by atoms with Gasteiger partial charge in [-0.2, -0.15) is 0 Å². The molecule has 0 aliphatic heterocycles. The number of pyridine rings is 1. The molecule has 0 atom stereocenters. The normalized spacial score (nSPS) is 10.1. The molecule has 5 heteroatoms. The van der Waals surface area contributed by atoms with Gasteiger partial charge in [0.15, 0.2) is 0 Å². The Kier molecular flexibility index (Phi) is 3.52. The number of rotatable bonds is 3. The van der Waals surface area contributed by atoms with Gasteiger partial charge < -0.3 is 11.1 Å². The number of anilines is 2. The van der Waals surface area contributed by atoms with E-state index in [1.807, 2.05) is 0 Å². The van der Waals surface area contributed by atoms with Crippen molar-refractivity contribution in [2.45, 2.75) is 6.42 Å². The molecule has 4 nitrogen and oxygen atoms in total. The first kappa shape index (κ1) is 12.0. The summed E-state index contributed by atoms with van der Waals surface area (Å²) in [5, 5.41) is 2.68. The molecule has 0 saturated carbocycles. The quantitative estimate of drug-likeness (QED) is 0.868. The standard InChI is InChI=1S/C13H12FN3O/c14-10-3-1-9(2-4-10)7-13(18)17-11-5-6-12(15)16-8-11/h1-6,8H,7H2,(H2,15,16)(H,17,18). The topological polar surface area (TPSA) is 68.0 Å². The third kappa shape index (κ3) is 3.28. The number of nitrogen functional groups attached to an aromatic ring is 1. The van der Waals surface area contributed by atoms with Gasteiger partial charge in [-0.3, -0.25) is 4.79 Å². The van der Waals surface area contributed by atoms with Crippen LogP contribution in [-0.4, -0.2) is 10.9 Å². The lowest BCUT2D eigenvalue weighted by atomic mass is 10.1. The Morgan fingerprint density at radius 3 is 2.56 bits per heavy atom. The molecule has 1 amide bonds. The van der Waals surface area contributed by atoms with Crippen LogP contribution in [0.5, 0.6) is 0 Å². The second kappa shape index (κ2) is 5.27. The number of nitrogens with two attached hydrogens (primary N) is 1. The molecule has 2 aromatic rings. The zero-order valence-corrected chi connectivity index (χ0v) is 9.56. The number of hydrogen-bond acceptors (Lipinski definition) is 3. The monoisotopic (exact) mass is 245 g/mol. The summed E-state index contributed by atoms with van der Waals surface area (Å²) in [7, 11) is 0. The average molecular weight is 245 g/mol. The van der Waals surface area contributed by atoms with E-state index in [1.165, 1.54) is 18.3 Å². The predicted octanol–water partition coefficient (Wildman–Crippen LogP) is 1.98. The maximum atomic E-state index is 12.7. The van der Waals surface area contributed by atoms with Crippen LogP contribution in [0.25, 0.3) is 0 Å². The van der Waals surface area contributed by atoms with Gasteiger partial charge in [-0.15, -0.1) is 0 Å². The number of hydrogen-bond donors (Lipinski definition) is 2. The molecule has 0 aliphatic carbocycles. The zero-order valence-electron chi connectivity index (χ0n) is 9.56. The van der Waals surface area contributed by atoms with Crippen molar-refractivity contribution in [1.29, 1.82) is 0 Å². The van der Waals surface area contributed by atoms with Gasteiger partial charge in [0.2, 0.25) is 5.91 Å². The van der Waals surface area contributed by atoms with Crippen LogP contribution in [0, 0.1) is 5.82 Å². The molecule has 0 fully saturated rings. The summed E-state index contributed by atoms with van der Waals surface area (Å²) in [4.78, 5) is 15.6. The van der Waals surface area contributed by atoms with Crippen molar-refractivity contribution in [2.75, 3.05) is 11.1 Å². The number of carbonyl (C=O) groups excluding carboxylic acids is 1. The van der Waals surface area contributed by atoms with Gasteiger partial charge in [0, 0.05) is 0 Å².